The molecule has 0 aliphatic carbocycles. The number of carbonyl (C=O) groups is 1. The van der Waals surface area contributed by atoms with Gasteiger partial charge in [-0.05, 0) is 42.5 Å². The molecule has 2 rings (SSSR count). The Balaban J connectivity index is 1.78. The summed E-state index contributed by atoms with van der Waals surface area (Å²) in [6, 6.07) is 18.0. The van der Waals surface area contributed by atoms with Crippen molar-refractivity contribution < 1.29 is 9.53 Å². The molecular formula is C20H25NO2. The summed E-state index contributed by atoms with van der Waals surface area (Å²) in [6.07, 6.45) is 0.318. The highest BCUT2D eigenvalue weighted by Crippen LogP contribution is 2.19. The molecule has 122 valence electrons. The highest BCUT2D eigenvalue weighted by atomic mass is 16.5. The molecule has 1 N–H and O–H groups in total. The van der Waals surface area contributed by atoms with Crippen LogP contribution in [0.15, 0.2) is 54.6 Å². The van der Waals surface area contributed by atoms with Gasteiger partial charge in [0, 0.05) is 6.54 Å². The SMILES string of the molecule is CC(C)c1ccc(O[C@@H](C)C(=O)NCCc2ccccc2)cc1. The topological polar surface area (TPSA) is 38.3 Å². The van der Waals surface area contributed by atoms with Gasteiger partial charge in [0.1, 0.15) is 5.75 Å². The Hall–Kier alpha value is -2.29. The molecule has 0 aromatic heterocycles. The normalized spacial score (nSPS) is 12.0. The van der Waals surface area contributed by atoms with Crippen LogP contribution in [-0.4, -0.2) is 18.6 Å². The second-order valence-electron chi connectivity index (χ2n) is 6.01. The molecule has 0 aliphatic heterocycles. The molecule has 0 saturated carbocycles. The predicted molar refractivity (Wildman–Crippen MR) is 93.8 cm³/mol. The average molecular weight is 311 g/mol. The van der Waals surface area contributed by atoms with Crippen LogP contribution in [0.4, 0.5) is 0 Å². The maximum Gasteiger partial charge on any atom is 0.260 e. The Labute approximate surface area is 138 Å². The van der Waals surface area contributed by atoms with Crippen molar-refractivity contribution in [3.63, 3.8) is 0 Å². The van der Waals surface area contributed by atoms with Crippen molar-refractivity contribution in [1.82, 2.24) is 5.32 Å². The second-order valence-corrected chi connectivity index (χ2v) is 6.01. The summed E-state index contributed by atoms with van der Waals surface area (Å²) >= 11 is 0. The summed E-state index contributed by atoms with van der Waals surface area (Å²) < 4.78 is 5.70. The van der Waals surface area contributed by atoms with Crippen LogP contribution in [0, 0.1) is 0 Å². The van der Waals surface area contributed by atoms with E-state index in [1.165, 1.54) is 11.1 Å². The zero-order chi connectivity index (χ0) is 16.7. The number of amides is 1. The quantitative estimate of drug-likeness (QED) is 0.841. The Kier molecular flexibility index (Phi) is 6.21. The molecule has 0 unspecified atom stereocenters. The van der Waals surface area contributed by atoms with Crippen LogP contribution in [0.3, 0.4) is 0 Å². The van der Waals surface area contributed by atoms with E-state index in [4.69, 9.17) is 4.74 Å². The van der Waals surface area contributed by atoms with E-state index in [2.05, 4.69) is 31.3 Å². The van der Waals surface area contributed by atoms with Crippen molar-refractivity contribution >= 4 is 5.91 Å². The third-order valence-electron chi connectivity index (χ3n) is 3.78. The number of ether oxygens (including phenoxy) is 1. The van der Waals surface area contributed by atoms with Crippen molar-refractivity contribution in [2.75, 3.05) is 6.54 Å². The fourth-order valence-electron chi connectivity index (χ4n) is 2.31. The smallest absolute Gasteiger partial charge is 0.260 e. The molecule has 0 saturated heterocycles. The monoisotopic (exact) mass is 311 g/mol. The number of nitrogens with one attached hydrogen (secondary N) is 1. The molecular weight excluding hydrogens is 286 g/mol. The van der Waals surface area contributed by atoms with Gasteiger partial charge in [0.05, 0.1) is 0 Å². The Morgan fingerprint density at radius 3 is 2.26 bits per heavy atom. The van der Waals surface area contributed by atoms with E-state index in [0.717, 1.165) is 12.2 Å². The molecule has 23 heavy (non-hydrogen) atoms. The van der Waals surface area contributed by atoms with Crippen molar-refractivity contribution in [2.45, 2.75) is 39.2 Å². The van der Waals surface area contributed by atoms with Gasteiger partial charge in [0.15, 0.2) is 6.10 Å². The second kappa shape index (κ2) is 8.37. The lowest BCUT2D eigenvalue weighted by atomic mass is 10.0. The van der Waals surface area contributed by atoms with Gasteiger partial charge in [0.2, 0.25) is 0 Å². The minimum atomic E-state index is -0.504. The summed E-state index contributed by atoms with van der Waals surface area (Å²) in [6.45, 7) is 6.69. The van der Waals surface area contributed by atoms with Crippen LogP contribution in [0.5, 0.6) is 5.75 Å². The van der Waals surface area contributed by atoms with Gasteiger partial charge in [-0.3, -0.25) is 4.79 Å². The molecule has 3 nitrogen and oxygen atoms in total. The number of carbonyl (C=O) groups excluding carboxylic acids is 1. The molecule has 0 radical (unpaired) electrons. The summed E-state index contributed by atoms with van der Waals surface area (Å²) in [5.41, 5.74) is 2.47. The van der Waals surface area contributed by atoms with Gasteiger partial charge in [-0.25, -0.2) is 0 Å². The molecule has 3 heteroatoms. The van der Waals surface area contributed by atoms with Crippen LogP contribution in [0.2, 0.25) is 0 Å². The van der Waals surface area contributed by atoms with Gasteiger partial charge in [-0.15, -0.1) is 0 Å². The lowest BCUT2D eigenvalue weighted by Crippen LogP contribution is -2.37. The van der Waals surface area contributed by atoms with Crippen molar-refractivity contribution in [1.29, 1.82) is 0 Å². The predicted octanol–water partition coefficient (Wildman–Crippen LogP) is 3.94. The fourth-order valence-corrected chi connectivity index (χ4v) is 2.31. The minimum absolute atomic E-state index is 0.0890. The maximum absolute atomic E-state index is 12.1. The molecule has 1 atom stereocenters. The first-order valence-electron chi connectivity index (χ1n) is 8.14. The first kappa shape index (κ1) is 17.1. The molecule has 0 fully saturated rings. The highest BCUT2D eigenvalue weighted by molar-refractivity contribution is 5.80. The van der Waals surface area contributed by atoms with Crippen molar-refractivity contribution in [3.05, 3.63) is 65.7 Å². The first-order chi connectivity index (χ1) is 11.1. The molecule has 0 heterocycles. The van der Waals surface area contributed by atoms with Gasteiger partial charge in [-0.1, -0.05) is 56.3 Å². The fraction of sp³-hybridized carbons (Fsp3) is 0.350. The average Bonchev–Trinajstić information content (AvgIpc) is 2.56. The maximum atomic E-state index is 12.1. The number of hydrogen-bond donors (Lipinski definition) is 1. The highest BCUT2D eigenvalue weighted by Gasteiger charge is 2.14. The van der Waals surface area contributed by atoms with Crippen molar-refractivity contribution in [2.24, 2.45) is 0 Å². The number of rotatable bonds is 7. The van der Waals surface area contributed by atoms with Crippen LogP contribution < -0.4 is 10.1 Å². The van der Waals surface area contributed by atoms with E-state index >= 15 is 0 Å². The van der Waals surface area contributed by atoms with E-state index < -0.39 is 6.10 Å². The minimum Gasteiger partial charge on any atom is -0.481 e. The van der Waals surface area contributed by atoms with E-state index in [1.54, 1.807) is 6.92 Å². The number of benzene rings is 2. The zero-order valence-electron chi connectivity index (χ0n) is 14.1. The molecule has 2 aromatic rings. The lowest BCUT2D eigenvalue weighted by Gasteiger charge is -2.15. The van der Waals surface area contributed by atoms with E-state index in [1.807, 2.05) is 42.5 Å². The van der Waals surface area contributed by atoms with Crippen LogP contribution >= 0.6 is 0 Å². The van der Waals surface area contributed by atoms with E-state index in [-0.39, 0.29) is 5.91 Å². The lowest BCUT2D eigenvalue weighted by molar-refractivity contribution is -0.127. The summed E-state index contributed by atoms with van der Waals surface area (Å²) in [4.78, 5) is 12.1. The summed E-state index contributed by atoms with van der Waals surface area (Å²) in [5.74, 6) is 1.12. The zero-order valence-corrected chi connectivity index (χ0v) is 14.1. The van der Waals surface area contributed by atoms with Crippen LogP contribution in [0.1, 0.15) is 37.8 Å². The molecule has 0 aliphatic rings. The Morgan fingerprint density at radius 2 is 1.65 bits per heavy atom. The third-order valence-corrected chi connectivity index (χ3v) is 3.78. The van der Waals surface area contributed by atoms with E-state index in [9.17, 15) is 4.79 Å². The number of hydrogen-bond acceptors (Lipinski definition) is 2. The largest absolute Gasteiger partial charge is 0.481 e. The molecule has 1 amide bonds. The third kappa shape index (κ3) is 5.44. The molecule has 0 bridgehead atoms. The van der Waals surface area contributed by atoms with Crippen LogP contribution in [0.25, 0.3) is 0 Å². The summed E-state index contributed by atoms with van der Waals surface area (Å²) in [7, 11) is 0. The Bertz CT molecular complexity index is 605. The van der Waals surface area contributed by atoms with Crippen LogP contribution in [-0.2, 0) is 11.2 Å². The standard InChI is InChI=1S/C20H25NO2/c1-15(2)18-9-11-19(12-10-18)23-16(3)20(22)21-14-13-17-7-5-4-6-8-17/h4-12,15-16H,13-14H2,1-3H3,(H,21,22)/t16-/m0/s1. The summed E-state index contributed by atoms with van der Waals surface area (Å²) in [5, 5.41) is 2.92. The van der Waals surface area contributed by atoms with Gasteiger partial charge < -0.3 is 10.1 Å². The molecule has 0 spiro atoms. The Morgan fingerprint density at radius 1 is 1.00 bits per heavy atom. The van der Waals surface area contributed by atoms with E-state index in [0.29, 0.717) is 12.5 Å². The first-order valence-corrected chi connectivity index (χ1v) is 8.14. The van der Waals surface area contributed by atoms with Gasteiger partial charge in [0.25, 0.3) is 5.91 Å². The van der Waals surface area contributed by atoms with Gasteiger partial charge in [-0.2, -0.15) is 0 Å². The van der Waals surface area contributed by atoms with Crippen molar-refractivity contribution in [3.8, 4) is 5.75 Å². The molecule has 2 aromatic carbocycles. The van der Waals surface area contributed by atoms with Gasteiger partial charge >= 0.3 is 0 Å².